The minimum absolute atomic E-state index is 0.0117. The molecule has 2 N–H and O–H groups in total. The first-order valence-electron chi connectivity index (χ1n) is 6.79. The molecule has 2 rings (SSSR count). The van der Waals surface area contributed by atoms with Crippen molar-refractivity contribution in [2.45, 2.75) is 25.8 Å². The molecule has 0 aromatic heterocycles. The summed E-state index contributed by atoms with van der Waals surface area (Å²) < 4.78 is 5.49. The van der Waals surface area contributed by atoms with Crippen LogP contribution < -0.4 is 15.4 Å². The second-order valence-electron chi connectivity index (χ2n) is 5.29. The van der Waals surface area contributed by atoms with E-state index in [9.17, 15) is 0 Å². The highest BCUT2D eigenvalue weighted by molar-refractivity contribution is 5.38. The molecule has 0 aliphatic carbocycles. The summed E-state index contributed by atoms with van der Waals surface area (Å²) in [6.45, 7) is 7.82. The molecule has 0 amide bonds. The summed E-state index contributed by atoms with van der Waals surface area (Å²) in [5.41, 5.74) is 1.24. The summed E-state index contributed by atoms with van der Waals surface area (Å²) in [5, 5.41) is 7.03. The molecule has 100 valence electrons. The first kappa shape index (κ1) is 13.4. The van der Waals surface area contributed by atoms with Crippen molar-refractivity contribution in [3.63, 3.8) is 0 Å². The average molecular weight is 248 g/mol. The highest BCUT2D eigenvalue weighted by Crippen LogP contribution is 2.32. The summed E-state index contributed by atoms with van der Waals surface area (Å²) in [5.74, 6) is 1.74. The van der Waals surface area contributed by atoms with Gasteiger partial charge in [0.15, 0.2) is 0 Å². The van der Waals surface area contributed by atoms with Crippen LogP contribution in [0.5, 0.6) is 5.75 Å². The molecule has 0 spiro atoms. The standard InChI is InChI=1S/C15H24N2O/c1-4-15(2,17-11-12-9-16-10-12)13-7-5-6-8-14(13)18-3/h5-8,12,16-17H,4,9-11H2,1-3H3. The number of hydrogen-bond acceptors (Lipinski definition) is 3. The summed E-state index contributed by atoms with van der Waals surface area (Å²) in [4.78, 5) is 0. The third-order valence-electron chi connectivity index (χ3n) is 4.06. The topological polar surface area (TPSA) is 33.3 Å². The van der Waals surface area contributed by atoms with Crippen molar-refractivity contribution < 1.29 is 4.74 Å². The summed E-state index contributed by atoms with van der Waals surface area (Å²) in [6, 6.07) is 8.30. The van der Waals surface area contributed by atoms with E-state index in [1.807, 2.05) is 12.1 Å². The second-order valence-corrected chi connectivity index (χ2v) is 5.29. The number of ether oxygens (including phenoxy) is 1. The first-order chi connectivity index (χ1) is 8.69. The fraction of sp³-hybridized carbons (Fsp3) is 0.600. The highest BCUT2D eigenvalue weighted by atomic mass is 16.5. The molecule has 3 nitrogen and oxygen atoms in total. The molecule has 1 aromatic rings. The van der Waals surface area contributed by atoms with E-state index in [4.69, 9.17) is 4.74 Å². The maximum absolute atomic E-state index is 5.49. The fourth-order valence-corrected chi connectivity index (χ4v) is 2.37. The molecule has 1 unspecified atom stereocenters. The van der Waals surface area contributed by atoms with Crippen molar-refractivity contribution in [3.05, 3.63) is 29.8 Å². The molecule has 1 aliphatic rings. The van der Waals surface area contributed by atoms with Crippen LogP contribution in [0.2, 0.25) is 0 Å². The summed E-state index contributed by atoms with van der Waals surface area (Å²) >= 11 is 0. The predicted octanol–water partition coefficient (Wildman–Crippen LogP) is 2.13. The normalized spacial score (nSPS) is 19.1. The van der Waals surface area contributed by atoms with Gasteiger partial charge in [-0.15, -0.1) is 0 Å². The second kappa shape index (κ2) is 5.72. The van der Waals surface area contributed by atoms with Gasteiger partial charge in [-0.25, -0.2) is 0 Å². The molecule has 1 aliphatic heterocycles. The lowest BCUT2D eigenvalue weighted by atomic mass is 9.87. The van der Waals surface area contributed by atoms with Crippen LogP contribution in [0.15, 0.2) is 24.3 Å². The lowest BCUT2D eigenvalue weighted by molar-refractivity contribution is 0.263. The number of rotatable bonds is 6. The van der Waals surface area contributed by atoms with E-state index < -0.39 is 0 Å². The summed E-state index contributed by atoms with van der Waals surface area (Å²) in [6.07, 6.45) is 1.05. The van der Waals surface area contributed by atoms with Gasteiger partial charge in [0, 0.05) is 30.7 Å². The Morgan fingerprint density at radius 3 is 2.67 bits per heavy atom. The zero-order valence-electron chi connectivity index (χ0n) is 11.6. The summed E-state index contributed by atoms with van der Waals surface area (Å²) in [7, 11) is 1.74. The molecule has 1 aromatic carbocycles. The monoisotopic (exact) mass is 248 g/mol. The van der Waals surface area contributed by atoms with E-state index in [1.165, 1.54) is 5.56 Å². The van der Waals surface area contributed by atoms with Crippen LogP contribution in [0.1, 0.15) is 25.8 Å². The van der Waals surface area contributed by atoms with Crippen LogP contribution in [0.3, 0.4) is 0 Å². The molecular formula is C15H24N2O. The van der Waals surface area contributed by atoms with E-state index in [1.54, 1.807) is 7.11 Å². The van der Waals surface area contributed by atoms with E-state index >= 15 is 0 Å². The van der Waals surface area contributed by atoms with Crippen molar-refractivity contribution in [2.75, 3.05) is 26.7 Å². The molecule has 1 atom stereocenters. The maximum atomic E-state index is 5.49. The Hall–Kier alpha value is -1.06. The minimum atomic E-state index is -0.0117. The zero-order chi connectivity index (χ0) is 13.0. The number of nitrogens with one attached hydrogen (secondary N) is 2. The first-order valence-corrected chi connectivity index (χ1v) is 6.79. The van der Waals surface area contributed by atoms with Gasteiger partial charge < -0.3 is 15.4 Å². The highest BCUT2D eigenvalue weighted by Gasteiger charge is 2.29. The van der Waals surface area contributed by atoms with Gasteiger partial charge in [-0.2, -0.15) is 0 Å². The lowest BCUT2D eigenvalue weighted by Crippen LogP contribution is -2.51. The SMILES string of the molecule is CCC(C)(NCC1CNC1)c1ccccc1OC. The Kier molecular flexibility index (Phi) is 4.25. The van der Waals surface area contributed by atoms with Crippen LogP contribution in [0.4, 0.5) is 0 Å². The Labute approximate surface area is 110 Å². The zero-order valence-corrected chi connectivity index (χ0v) is 11.6. The van der Waals surface area contributed by atoms with Gasteiger partial charge in [-0.3, -0.25) is 0 Å². The molecule has 0 bridgehead atoms. The molecule has 1 fully saturated rings. The number of para-hydroxylation sites is 1. The van der Waals surface area contributed by atoms with Gasteiger partial charge in [0.25, 0.3) is 0 Å². The van der Waals surface area contributed by atoms with Gasteiger partial charge in [-0.05, 0) is 25.3 Å². The lowest BCUT2D eigenvalue weighted by Gasteiger charge is -2.36. The Bertz CT molecular complexity index is 390. The van der Waals surface area contributed by atoms with Crippen LogP contribution in [-0.4, -0.2) is 26.7 Å². The molecule has 3 heteroatoms. The van der Waals surface area contributed by atoms with Gasteiger partial charge in [0.1, 0.15) is 5.75 Å². The molecule has 1 heterocycles. The van der Waals surface area contributed by atoms with Crippen molar-refractivity contribution in [2.24, 2.45) is 5.92 Å². The maximum Gasteiger partial charge on any atom is 0.123 e. The minimum Gasteiger partial charge on any atom is -0.496 e. The van der Waals surface area contributed by atoms with Crippen LogP contribution in [0.25, 0.3) is 0 Å². The quantitative estimate of drug-likeness (QED) is 0.809. The van der Waals surface area contributed by atoms with Gasteiger partial charge in [-0.1, -0.05) is 25.1 Å². The molecule has 1 saturated heterocycles. The Morgan fingerprint density at radius 1 is 1.39 bits per heavy atom. The van der Waals surface area contributed by atoms with Gasteiger partial charge in [0.05, 0.1) is 7.11 Å². The Balaban J connectivity index is 2.13. The van der Waals surface area contributed by atoms with Crippen LogP contribution in [-0.2, 0) is 5.54 Å². The van der Waals surface area contributed by atoms with Gasteiger partial charge in [0.2, 0.25) is 0 Å². The van der Waals surface area contributed by atoms with E-state index in [0.29, 0.717) is 0 Å². The number of methoxy groups -OCH3 is 1. The molecular weight excluding hydrogens is 224 g/mol. The van der Waals surface area contributed by atoms with Crippen molar-refractivity contribution in [1.29, 1.82) is 0 Å². The van der Waals surface area contributed by atoms with E-state index in [0.717, 1.165) is 37.7 Å². The van der Waals surface area contributed by atoms with Crippen LogP contribution >= 0.6 is 0 Å². The molecule has 18 heavy (non-hydrogen) atoms. The third-order valence-corrected chi connectivity index (χ3v) is 4.06. The number of hydrogen-bond donors (Lipinski definition) is 2. The average Bonchev–Trinajstić information content (AvgIpc) is 2.36. The van der Waals surface area contributed by atoms with E-state index in [2.05, 4.69) is 36.6 Å². The van der Waals surface area contributed by atoms with Crippen molar-refractivity contribution in [1.82, 2.24) is 10.6 Å². The van der Waals surface area contributed by atoms with E-state index in [-0.39, 0.29) is 5.54 Å². The number of benzene rings is 1. The van der Waals surface area contributed by atoms with Gasteiger partial charge >= 0.3 is 0 Å². The largest absolute Gasteiger partial charge is 0.496 e. The fourth-order valence-electron chi connectivity index (χ4n) is 2.37. The van der Waals surface area contributed by atoms with Crippen molar-refractivity contribution >= 4 is 0 Å². The molecule has 0 radical (unpaired) electrons. The predicted molar refractivity (Wildman–Crippen MR) is 75.0 cm³/mol. The van der Waals surface area contributed by atoms with Crippen LogP contribution in [0, 0.1) is 5.92 Å². The third kappa shape index (κ3) is 2.68. The van der Waals surface area contributed by atoms with Crippen molar-refractivity contribution in [3.8, 4) is 5.75 Å². The smallest absolute Gasteiger partial charge is 0.123 e. The molecule has 0 saturated carbocycles. The Morgan fingerprint density at radius 2 is 2.11 bits per heavy atom.